The van der Waals surface area contributed by atoms with Crippen LogP contribution in [0.15, 0.2) is 42.5 Å². The molecule has 0 fully saturated rings. The molecule has 1 atom stereocenters. The van der Waals surface area contributed by atoms with Crippen LogP contribution in [-0.4, -0.2) is 14.2 Å². The number of rotatable bonds is 4. The van der Waals surface area contributed by atoms with Gasteiger partial charge in [0.05, 0.1) is 25.3 Å². The normalized spacial score (nSPS) is 12.0. The van der Waals surface area contributed by atoms with Crippen LogP contribution in [0.2, 0.25) is 5.02 Å². The lowest BCUT2D eigenvalue weighted by molar-refractivity contribution is 0.407. The van der Waals surface area contributed by atoms with Gasteiger partial charge in [0.2, 0.25) is 0 Å². The quantitative estimate of drug-likeness (QED) is 0.931. The summed E-state index contributed by atoms with van der Waals surface area (Å²) in [6.45, 7) is 0. The van der Waals surface area contributed by atoms with E-state index in [9.17, 15) is 0 Å². The van der Waals surface area contributed by atoms with Crippen molar-refractivity contribution in [3.8, 4) is 11.5 Å². The average molecular weight is 278 g/mol. The minimum atomic E-state index is -0.290. The molecule has 1 unspecified atom stereocenters. The number of halogens is 1. The van der Waals surface area contributed by atoms with Gasteiger partial charge in [-0.05, 0) is 23.8 Å². The molecule has 0 aliphatic rings. The van der Waals surface area contributed by atoms with Gasteiger partial charge >= 0.3 is 0 Å². The van der Waals surface area contributed by atoms with E-state index in [1.54, 1.807) is 20.3 Å². The van der Waals surface area contributed by atoms with Gasteiger partial charge < -0.3 is 15.2 Å². The third-order valence-electron chi connectivity index (χ3n) is 3.01. The highest BCUT2D eigenvalue weighted by atomic mass is 35.5. The fraction of sp³-hybridized carbons (Fsp3) is 0.200. The summed E-state index contributed by atoms with van der Waals surface area (Å²) in [5.74, 6) is 1.38. The van der Waals surface area contributed by atoms with Crippen LogP contribution >= 0.6 is 11.6 Å². The minimum absolute atomic E-state index is 0.290. The topological polar surface area (TPSA) is 44.5 Å². The molecule has 100 valence electrons. The standard InChI is InChI=1S/C15H16ClNO2/c1-18-13-6-4-3-5-11(13)15(17)10-7-8-12(16)14(9-10)19-2/h3-9,15H,17H2,1-2H3. The fourth-order valence-corrected chi connectivity index (χ4v) is 2.17. The maximum Gasteiger partial charge on any atom is 0.137 e. The third kappa shape index (κ3) is 2.83. The van der Waals surface area contributed by atoms with Gasteiger partial charge in [0, 0.05) is 5.56 Å². The van der Waals surface area contributed by atoms with Crippen molar-refractivity contribution < 1.29 is 9.47 Å². The van der Waals surface area contributed by atoms with Crippen LogP contribution in [0.4, 0.5) is 0 Å². The van der Waals surface area contributed by atoms with E-state index in [-0.39, 0.29) is 6.04 Å². The Balaban J connectivity index is 2.41. The van der Waals surface area contributed by atoms with Crippen molar-refractivity contribution in [2.75, 3.05) is 14.2 Å². The van der Waals surface area contributed by atoms with E-state index in [1.165, 1.54) is 0 Å². The number of benzene rings is 2. The van der Waals surface area contributed by atoms with E-state index < -0.39 is 0 Å². The zero-order valence-corrected chi connectivity index (χ0v) is 11.6. The molecule has 0 heterocycles. The van der Waals surface area contributed by atoms with Crippen LogP contribution in [0, 0.1) is 0 Å². The summed E-state index contributed by atoms with van der Waals surface area (Å²) >= 11 is 6.02. The first-order chi connectivity index (χ1) is 9.17. The molecular formula is C15H16ClNO2. The molecule has 0 spiro atoms. The zero-order chi connectivity index (χ0) is 13.8. The number of nitrogens with two attached hydrogens (primary N) is 1. The first kappa shape index (κ1) is 13.7. The predicted molar refractivity (Wildman–Crippen MR) is 77.0 cm³/mol. The van der Waals surface area contributed by atoms with Crippen molar-refractivity contribution in [3.63, 3.8) is 0 Å². The minimum Gasteiger partial charge on any atom is -0.496 e. The Kier molecular flexibility index (Phi) is 4.30. The Labute approximate surface area is 117 Å². The van der Waals surface area contributed by atoms with Crippen molar-refractivity contribution in [2.45, 2.75) is 6.04 Å². The SMILES string of the molecule is COc1cc(C(N)c2ccccc2OC)ccc1Cl. The van der Waals surface area contributed by atoms with E-state index >= 15 is 0 Å². The maximum atomic E-state index is 6.29. The summed E-state index contributed by atoms with van der Waals surface area (Å²) in [7, 11) is 3.22. The molecule has 0 saturated carbocycles. The smallest absolute Gasteiger partial charge is 0.137 e. The molecule has 0 aromatic heterocycles. The summed E-state index contributed by atoms with van der Waals surface area (Å²) < 4.78 is 10.5. The number of hydrogen-bond acceptors (Lipinski definition) is 3. The average Bonchev–Trinajstić information content (AvgIpc) is 2.47. The molecule has 0 amide bonds. The van der Waals surface area contributed by atoms with Crippen LogP contribution in [-0.2, 0) is 0 Å². The van der Waals surface area contributed by atoms with Gasteiger partial charge in [-0.25, -0.2) is 0 Å². The molecular weight excluding hydrogens is 262 g/mol. The Morgan fingerprint density at radius 2 is 1.68 bits per heavy atom. The summed E-state index contributed by atoms with van der Waals surface area (Å²) in [6, 6.07) is 12.9. The number of hydrogen-bond donors (Lipinski definition) is 1. The van der Waals surface area contributed by atoms with E-state index in [0.717, 1.165) is 16.9 Å². The summed E-state index contributed by atoms with van der Waals surface area (Å²) in [5.41, 5.74) is 8.14. The van der Waals surface area contributed by atoms with Gasteiger partial charge in [-0.15, -0.1) is 0 Å². The van der Waals surface area contributed by atoms with E-state index in [2.05, 4.69) is 0 Å². The summed E-state index contributed by atoms with van der Waals surface area (Å²) in [6.07, 6.45) is 0. The molecule has 0 saturated heterocycles. The Morgan fingerprint density at radius 3 is 2.37 bits per heavy atom. The van der Waals surface area contributed by atoms with Crippen molar-refractivity contribution in [1.82, 2.24) is 0 Å². The van der Waals surface area contributed by atoms with Gasteiger partial charge in [-0.3, -0.25) is 0 Å². The monoisotopic (exact) mass is 277 g/mol. The Bertz CT molecular complexity index is 572. The summed E-state index contributed by atoms with van der Waals surface area (Å²) in [4.78, 5) is 0. The molecule has 4 heteroatoms. The number of para-hydroxylation sites is 1. The van der Waals surface area contributed by atoms with Crippen LogP contribution in [0.1, 0.15) is 17.2 Å². The van der Waals surface area contributed by atoms with E-state index in [0.29, 0.717) is 10.8 Å². The Hall–Kier alpha value is -1.71. The van der Waals surface area contributed by atoms with E-state index in [4.69, 9.17) is 26.8 Å². The molecule has 0 radical (unpaired) electrons. The number of methoxy groups -OCH3 is 2. The fourth-order valence-electron chi connectivity index (χ4n) is 1.97. The van der Waals surface area contributed by atoms with Crippen LogP contribution < -0.4 is 15.2 Å². The Morgan fingerprint density at radius 1 is 1.00 bits per heavy atom. The largest absolute Gasteiger partial charge is 0.496 e. The highest BCUT2D eigenvalue weighted by Gasteiger charge is 2.15. The first-order valence-corrected chi connectivity index (χ1v) is 6.27. The molecule has 0 bridgehead atoms. The molecule has 2 N–H and O–H groups in total. The molecule has 3 nitrogen and oxygen atoms in total. The molecule has 0 aliphatic heterocycles. The first-order valence-electron chi connectivity index (χ1n) is 5.89. The van der Waals surface area contributed by atoms with Crippen LogP contribution in [0.5, 0.6) is 11.5 Å². The van der Waals surface area contributed by atoms with Gasteiger partial charge in [-0.1, -0.05) is 35.9 Å². The van der Waals surface area contributed by atoms with Crippen LogP contribution in [0.25, 0.3) is 0 Å². The van der Waals surface area contributed by atoms with Gasteiger partial charge in [0.15, 0.2) is 0 Å². The molecule has 2 aromatic rings. The number of ether oxygens (including phenoxy) is 2. The molecule has 2 rings (SSSR count). The third-order valence-corrected chi connectivity index (χ3v) is 3.32. The molecule has 19 heavy (non-hydrogen) atoms. The second-order valence-electron chi connectivity index (χ2n) is 4.11. The van der Waals surface area contributed by atoms with E-state index in [1.807, 2.05) is 36.4 Å². The van der Waals surface area contributed by atoms with Crippen molar-refractivity contribution in [1.29, 1.82) is 0 Å². The lowest BCUT2D eigenvalue weighted by atomic mass is 9.98. The second-order valence-corrected chi connectivity index (χ2v) is 4.52. The van der Waals surface area contributed by atoms with Gasteiger partial charge in [-0.2, -0.15) is 0 Å². The second kappa shape index (κ2) is 5.95. The highest BCUT2D eigenvalue weighted by molar-refractivity contribution is 6.32. The molecule has 0 aliphatic carbocycles. The van der Waals surface area contributed by atoms with Gasteiger partial charge in [0.25, 0.3) is 0 Å². The predicted octanol–water partition coefficient (Wildman–Crippen LogP) is 3.41. The van der Waals surface area contributed by atoms with Crippen molar-refractivity contribution in [2.24, 2.45) is 5.73 Å². The maximum absolute atomic E-state index is 6.29. The summed E-state index contributed by atoms with van der Waals surface area (Å²) in [5, 5.41) is 0.568. The van der Waals surface area contributed by atoms with Crippen molar-refractivity contribution >= 4 is 11.6 Å². The zero-order valence-electron chi connectivity index (χ0n) is 10.9. The highest BCUT2D eigenvalue weighted by Crippen LogP contribution is 2.32. The lowest BCUT2D eigenvalue weighted by Gasteiger charge is -2.17. The molecule has 2 aromatic carbocycles. The van der Waals surface area contributed by atoms with Crippen LogP contribution in [0.3, 0.4) is 0 Å². The van der Waals surface area contributed by atoms with Gasteiger partial charge in [0.1, 0.15) is 11.5 Å². The lowest BCUT2D eigenvalue weighted by Crippen LogP contribution is -2.13. The van der Waals surface area contributed by atoms with Crippen molar-refractivity contribution in [3.05, 3.63) is 58.6 Å².